The number of hydrogen-bond donors (Lipinski definition) is 2. The van der Waals surface area contributed by atoms with Gasteiger partial charge in [0.2, 0.25) is 0 Å². The van der Waals surface area contributed by atoms with Crippen LogP contribution in [0.4, 0.5) is 5.82 Å². The molecule has 0 saturated heterocycles. The summed E-state index contributed by atoms with van der Waals surface area (Å²) in [6, 6.07) is 3.91. The lowest BCUT2D eigenvalue weighted by Gasteiger charge is -2.28. The van der Waals surface area contributed by atoms with Crippen LogP contribution in [0, 0.1) is 0 Å². The summed E-state index contributed by atoms with van der Waals surface area (Å²) in [7, 11) is 0. The summed E-state index contributed by atoms with van der Waals surface area (Å²) in [6.45, 7) is 0. The SMILES string of the molecule is OC1CCCCC1Nc1ccc2ncc(Br)n2n1. The van der Waals surface area contributed by atoms with Gasteiger partial charge in [-0.2, -0.15) is 0 Å². The Morgan fingerprint density at radius 2 is 2.17 bits per heavy atom. The molecule has 6 heteroatoms. The van der Waals surface area contributed by atoms with Gasteiger partial charge in [0.05, 0.1) is 18.3 Å². The summed E-state index contributed by atoms with van der Waals surface area (Å²) in [5.74, 6) is 0.771. The molecule has 0 aromatic carbocycles. The van der Waals surface area contributed by atoms with Crippen molar-refractivity contribution in [1.29, 1.82) is 0 Å². The van der Waals surface area contributed by atoms with Crippen molar-refractivity contribution >= 4 is 27.4 Å². The number of nitrogens with one attached hydrogen (secondary N) is 1. The van der Waals surface area contributed by atoms with E-state index in [2.05, 4.69) is 31.3 Å². The van der Waals surface area contributed by atoms with Crippen LogP contribution in [0.5, 0.6) is 0 Å². The predicted octanol–water partition coefficient (Wildman–Crippen LogP) is 2.21. The summed E-state index contributed by atoms with van der Waals surface area (Å²) in [5.41, 5.74) is 0.802. The van der Waals surface area contributed by atoms with Crippen LogP contribution < -0.4 is 5.32 Å². The molecule has 1 saturated carbocycles. The second kappa shape index (κ2) is 4.85. The van der Waals surface area contributed by atoms with Crippen LogP contribution in [0.15, 0.2) is 22.9 Å². The number of fused-ring (bicyclic) bond motifs is 1. The van der Waals surface area contributed by atoms with Gasteiger partial charge in [0.25, 0.3) is 0 Å². The average molecular weight is 311 g/mol. The van der Waals surface area contributed by atoms with Gasteiger partial charge < -0.3 is 10.4 Å². The molecular weight excluding hydrogens is 296 g/mol. The molecule has 0 spiro atoms. The van der Waals surface area contributed by atoms with Crippen molar-refractivity contribution < 1.29 is 5.11 Å². The van der Waals surface area contributed by atoms with Crippen LogP contribution in [0.3, 0.4) is 0 Å². The van der Waals surface area contributed by atoms with Crippen molar-refractivity contribution in [3.05, 3.63) is 22.9 Å². The lowest BCUT2D eigenvalue weighted by atomic mass is 9.93. The third kappa shape index (κ3) is 2.22. The molecule has 0 aliphatic heterocycles. The van der Waals surface area contributed by atoms with Crippen LogP contribution in [-0.2, 0) is 0 Å². The van der Waals surface area contributed by atoms with E-state index < -0.39 is 0 Å². The summed E-state index contributed by atoms with van der Waals surface area (Å²) < 4.78 is 2.56. The number of anilines is 1. The fourth-order valence-corrected chi connectivity index (χ4v) is 2.76. The zero-order chi connectivity index (χ0) is 12.5. The Morgan fingerprint density at radius 3 is 3.00 bits per heavy atom. The molecule has 2 aromatic heterocycles. The van der Waals surface area contributed by atoms with Crippen LogP contribution in [0.25, 0.3) is 5.65 Å². The first-order chi connectivity index (χ1) is 8.74. The molecular formula is C12H15BrN4O. The number of imidazole rings is 1. The molecule has 5 nitrogen and oxygen atoms in total. The lowest BCUT2D eigenvalue weighted by molar-refractivity contribution is 0.116. The number of nitrogens with zero attached hydrogens (tertiary/aromatic N) is 3. The fraction of sp³-hybridized carbons (Fsp3) is 0.500. The molecule has 2 heterocycles. The lowest BCUT2D eigenvalue weighted by Crippen LogP contribution is -2.36. The Balaban J connectivity index is 1.83. The van der Waals surface area contributed by atoms with Gasteiger partial charge in [-0.3, -0.25) is 0 Å². The molecule has 96 valence electrons. The molecule has 1 fully saturated rings. The van der Waals surface area contributed by atoms with Gasteiger partial charge in [0.15, 0.2) is 5.65 Å². The van der Waals surface area contributed by atoms with Gasteiger partial charge in [-0.25, -0.2) is 9.50 Å². The van der Waals surface area contributed by atoms with Crippen LogP contribution in [-0.4, -0.2) is 31.9 Å². The smallest absolute Gasteiger partial charge is 0.154 e. The molecule has 0 amide bonds. The Hall–Kier alpha value is -1.14. The summed E-state index contributed by atoms with van der Waals surface area (Å²) in [6.07, 6.45) is 5.58. The van der Waals surface area contributed by atoms with Crippen LogP contribution in [0.2, 0.25) is 0 Å². The van der Waals surface area contributed by atoms with Crippen molar-refractivity contribution in [1.82, 2.24) is 14.6 Å². The first-order valence-electron chi connectivity index (χ1n) is 6.19. The zero-order valence-electron chi connectivity index (χ0n) is 9.88. The highest BCUT2D eigenvalue weighted by Gasteiger charge is 2.23. The molecule has 0 bridgehead atoms. The van der Waals surface area contributed by atoms with E-state index in [9.17, 15) is 5.11 Å². The van der Waals surface area contributed by atoms with Crippen LogP contribution >= 0.6 is 15.9 Å². The fourth-order valence-electron chi connectivity index (χ4n) is 2.39. The third-order valence-electron chi connectivity index (χ3n) is 3.38. The van der Waals surface area contributed by atoms with E-state index in [0.29, 0.717) is 0 Å². The van der Waals surface area contributed by atoms with Crippen molar-refractivity contribution in [2.45, 2.75) is 37.8 Å². The monoisotopic (exact) mass is 310 g/mol. The summed E-state index contributed by atoms with van der Waals surface area (Å²) >= 11 is 3.40. The van der Waals surface area contributed by atoms with Gasteiger partial charge in [0, 0.05) is 0 Å². The third-order valence-corrected chi connectivity index (χ3v) is 3.92. The van der Waals surface area contributed by atoms with Crippen molar-refractivity contribution in [3.8, 4) is 0 Å². The largest absolute Gasteiger partial charge is 0.391 e. The first-order valence-corrected chi connectivity index (χ1v) is 6.98. The predicted molar refractivity (Wildman–Crippen MR) is 72.6 cm³/mol. The maximum atomic E-state index is 9.94. The van der Waals surface area contributed by atoms with E-state index in [4.69, 9.17) is 0 Å². The Kier molecular flexibility index (Phi) is 3.22. The Labute approximate surface area is 113 Å². The van der Waals surface area contributed by atoms with Crippen molar-refractivity contribution in [2.75, 3.05) is 5.32 Å². The van der Waals surface area contributed by atoms with Gasteiger partial charge in [0.1, 0.15) is 10.4 Å². The van der Waals surface area contributed by atoms with Crippen molar-refractivity contribution in [2.24, 2.45) is 0 Å². The molecule has 2 aromatic rings. The van der Waals surface area contributed by atoms with E-state index in [1.165, 1.54) is 0 Å². The molecule has 2 atom stereocenters. The minimum Gasteiger partial charge on any atom is -0.391 e. The standard InChI is InChI=1S/C12H15BrN4O/c13-10-7-14-12-6-5-11(16-17(10)12)15-8-3-1-2-4-9(8)18/h5-9,18H,1-4H2,(H,15,16). The molecule has 0 radical (unpaired) electrons. The van der Waals surface area contributed by atoms with Gasteiger partial charge in [-0.05, 0) is 40.9 Å². The summed E-state index contributed by atoms with van der Waals surface area (Å²) in [4.78, 5) is 4.20. The molecule has 3 rings (SSSR count). The average Bonchev–Trinajstić information content (AvgIpc) is 2.74. The molecule has 1 aliphatic rings. The van der Waals surface area contributed by atoms with Gasteiger partial charge in [-0.15, -0.1) is 5.10 Å². The van der Waals surface area contributed by atoms with E-state index in [0.717, 1.165) is 41.8 Å². The van der Waals surface area contributed by atoms with E-state index in [1.807, 2.05) is 12.1 Å². The van der Waals surface area contributed by atoms with Crippen LogP contribution in [0.1, 0.15) is 25.7 Å². The number of hydrogen-bond acceptors (Lipinski definition) is 4. The molecule has 2 unspecified atom stereocenters. The quantitative estimate of drug-likeness (QED) is 0.892. The second-order valence-corrected chi connectivity index (χ2v) is 5.48. The maximum Gasteiger partial charge on any atom is 0.154 e. The molecule has 1 aliphatic carbocycles. The Morgan fingerprint density at radius 1 is 1.33 bits per heavy atom. The normalized spacial score (nSPS) is 24.3. The highest BCUT2D eigenvalue weighted by molar-refractivity contribution is 9.10. The first kappa shape index (κ1) is 11.9. The number of aliphatic hydroxyl groups is 1. The molecule has 18 heavy (non-hydrogen) atoms. The highest BCUT2D eigenvalue weighted by atomic mass is 79.9. The van der Waals surface area contributed by atoms with Gasteiger partial charge >= 0.3 is 0 Å². The van der Waals surface area contributed by atoms with E-state index in [1.54, 1.807) is 10.7 Å². The highest BCUT2D eigenvalue weighted by Crippen LogP contribution is 2.22. The minimum absolute atomic E-state index is 0.103. The van der Waals surface area contributed by atoms with Gasteiger partial charge in [-0.1, -0.05) is 12.8 Å². The Bertz CT molecular complexity index is 556. The van der Waals surface area contributed by atoms with Crippen molar-refractivity contribution in [3.63, 3.8) is 0 Å². The number of rotatable bonds is 2. The zero-order valence-corrected chi connectivity index (χ0v) is 11.5. The topological polar surface area (TPSA) is 62.5 Å². The second-order valence-electron chi connectivity index (χ2n) is 4.67. The number of halogens is 1. The number of aromatic nitrogens is 3. The summed E-state index contributed by atoms with van der Waals surface area (Å²) in [5, 5.41) is 17.7. The minimum atomic E-state index is -0.275. The van der Waals surface area contributed by atoms with E-state index in [-0.39, 0.29) is 12.1 Å². The molecule has 2 N–H and O–H groups in total. The number of aliphatic hydroxyl groups excluding tert-OH is 1. The van der Waals surface area contributed by atoms with E-state index >= 15 is 0 Å². The maximum absolute atomic E-state index is 9.94.